The normalized spacial score (nSPS) is 10.9. The molecule has 0 aliphatic carbocycles. The van der Waals surface area contributed by atoms with Gasteiger partial charge in [0.05, 0.1) is 9.82 Å². The predicted octanol–water partition coefficient (Wildman–Crippen LogP) is 0.840. The van der Waals surface area contributed by atoms with Crippen molar-refractivity contribution in [2.24, 2.45) is 5.14 Å². The fraction of sp³-hybridized carbons (Fsp3) is 0.111. The molecule has 0 atom stereocenters. The van der Waals surface area contributed by atoms with Crippen molar-refractivity contribution in [1.82, 2.24) is 0 Å². The van der Waals surface area contributed by atoms with Gasteiger partial charge >= 0.3 is 0 Å². The summed E-state index contributed by atoms with van der Waals surface area (Å²) in [4.78, 5) is 9.79. The maximum absolute atomic E-state index is 11.1. The molecule has 0 heterocycles. The van der Waals surface area contributed by atoms with E-state index < -0.39 is 14.9 Å². The number of hydrogen-bond acceptors (Lipinski definition) is 5. The highest BCUT2D eigenvalue weighted by molar-refractivity contribution is 7.89. The maximum Gasteiger partial charge on any atom is 0.293 e. The lowest BCUT2D eigenvalue weighted by molar-refractivity contribution is -0.384. The fourth-order valence-corrected chi connectivity index (χ4v) is 1.70. The Morgan fingerprint density at radius 2 is 2.18 bits per heavy atom. The molecule has 7 nitrogen and oxygen atoms in total. The maximum atomic E-state index is 11.1. The molecule has 0 unspecified atom stereocenters. The van der Waals surface area contributed by atoms with Crippen LogP contribution in [0.2, 0.25) is 0 Å². The van der Waals surface area contributed by atoms with E-state index in [1.165, 1.54) is 18.2 Å². The molecule has 0 amide bonds. The molecule has 0 aliphatic rings. The van der Waals surface area contributed by atoms with Gasteiger partial charge in [-0.3, -0.25) is 10.1 Å². The number of nitro benzene ring substituents is 1. The first-order chi connectivity index (χ1) is 7.86. The van der Waals surface area contributed by atoms with Crippen molar-refractivity contribution in [3.05, 3.63) is 41.0 Å². The van der Waals surface area contributed by atoms with Gasteiger partial charge < -0.3 is 5.32 Å². The molecule has 1 rings (SSSR count). The van der Waals surface area contributed by atoms with Crippen LogP contribution in [0.15, 0.2) is 35.7 Å². The minimum Gasteiger partial charge on any atom is -0.376 e. The van der Waals surface area contributed by atoms with Crippen molar-refractivity contribution >= 4 is 21.4 Å². The molecular formula is C9H11N3O4S. The standard InChI is InChI=1S/C9H11N3O4S/c1-2-5-11-8-4-3-7(17(10,15)16)6-9(8)12(13)14/h2-4,6,11H,1,5H2,(H2,10,15,16). The number of hydrogen-bond donors (Lipinski definition) is 2. The Balaban J connectivity index is 3.27. The number of rotatable bonds is 5. The lowest BCUT2D eigenvalue weighted by atomic mass is 10.2. The van der Waals surface area contributed by atoms with E-state index in [1.54, 1.807) is 0 Å². The molecule has 0 spiro atoms. The Kier molecular flexibility index (Phi) is 3.81. The number of sulfonamides is 1. The molecule has 0 aliphatic heterocycles. The summed E-state index contributed by atoms with van der Waals surface area (Å²) in [5.41, 5.74) is -0.138. The Labute approximate surface area is 98.1 Å². The summed E-state index contributed by atoms with van der Waals surface area (Å²) in [5, 5.41) is 18.4. The van der Waals surface area contributed by atoms with Gasteiger partial charge in [0.25, 0.3) is 5.69 Å². The average Bonchev–Trinajstić information content (AvgIpc) is 2.24. The minimum atomic E-state index is -3.95. The third kappa shape index (κ3) is 3.26. The summed E-state index contributed by atoms with van der Waals surface area (Å²) >= 11 is 0. The van der Waals surface area contributed by atoms with Crippen LogP contribution < -0.4 is 10.5 Å². The summed E-state index contributed by atoms with van der Waals surface area (Å²) in [6.45, 7) is 3.79. The zero-order valence-corrected chi connectivity index (χ0v) is 9.61. The van der Waals surface area contributed by atoms with Crippen molar-refractivity contribution in [3.63, 3.8) is 0 Å². The van der Waals surface area contributed by atoms with E-state index in [4.69, 9.17) is 5.14 Å². The largest absolute Gasteiger partial charge is 0.376 e. The first-order valence-electron chi connectivity index (χ1n) is 4.52. The molecule has 0 bridgehead atoms. The van der Waals surface area contributed by atoms with Crippen molar-refractivity contribution in [1.29, 1.82) is 0 Å². The molecule has 1 aromatic rings. The second kappa shape index (κ2) is 4.93. The van der Waals surface area contributed by atoms with Gasteiger partial charge in [0.1, 0.15) is 5.69 Å². The fourth-order valence-electron chi connectivity index (χ4n) is 1.17. The Bertz CT molecular complexity index is 553. The van der Waals surface area contributed by atoms with E-state index in [9.17, 15) is 18.5 Å². The second-order valence-corrected chi connectivity index (χ2v) is 4.71. The van der Waals surface area contributed by atoms with Gasteiger partial charge in [-0.25, -0.2) is 13.6 Å². The number of nitrogens with zero attached hydrogens (tertiary/aromatic N) is 1. The van der Waals surface area contributed by atoms with Crippen LogP contribution in [0.5, 0.6) is 0 Å². The topological polar surface area (TPSA) is 115 Å². The lowest BCUT2D eigenvalue weighted by Gasteiger charge is -2.05. The molecule has 3 N–H and O–H groups in total. The number of benzene rings is 1. The molecule has 17 heavy (non-hydrogen) atoms. The zero-order chi connectivity index (χ0) is 13.1. The SMILES string of the molecule is C=CCNc1ccc(S(N)(=O)=O)cc1[N+](=O)[O-]. The van der Waals surface area contributed by atoms with Gasteiger partial charge in [-0.15, -0.1) is 6.58 Å². The van der Waals surface area contributed by atoms with Crippen molar-refractivity contribution in [2.75, 3.05) is 11.9 Å². The molecule has 8 heteroatoms. The van der Waals surface area contributed by atoms with Crippen molar-refractivity contribution < 1.29 is 13.3 Å². The summed E-state index contributed by atoms with van der Waals surface area (Å²) < 4.78 is 22.1. The van der Waals surface area contributed by atoms with E-state index in [0.717, 1.165) is 6.07 Å². The lowest BCUT2D eigenvalue weighted by Crippen LogP contribution is -2.13. The molecule has 0 aromatic heterocycles. The second-order valence-electron chi connectivity index (χ2n) is 3.15. The Morgan fingerprint density at radius 3 is 2.65 bits per heavy atom. The number of nitrogens with two attached hydrogens (primary N) is 1. The van der Waals surface area contributed by atoms with Crippen LogP contribution in [0.3, 0.4) is 0 Å². The molecular weight excluding hydrogens is 246 g/mol. The van der Waals surface area contributed by atoms with Gasteiger partial charge in [-0.1, -0.05) is 6.08 Å². The quantitative estimate of drug-likeness (QED) is 0.460. The van der Waals surface area contributed by atoms with E-state index >= 15 is 0 Å². The van der Waals surface area contributed by atoms with Gasteiger partial charge in [0, 0.05) is 12.6 Å². The zero-order valence-electron chi connectivity index (χ0n) is 8.79. The van der Waals surface area contributed by atoms with Crippen LogP contribution in [-0.4, -0.2) is 19.9 Å². The van der Waals surface area contributed by atoms with Gasteiger partial charge in [-0.2, -0.15) is 0 Å². The highest BCUT2D eigenvalue weighted by Crippen LogP contribution is 2.26. The van der Waals surface area contributed by atoms with Gasteiger partial charge in [-0.05, 0) is 12.1 Å². The first-order valence-corrected chi connectivity index (χ1v) is 6.07. The van der Waals surface area contributed by atoms with Crippen LogP contribution in [0.1, 0.15) is 0 Å². The van der Waals surface area contributed by atoms with E-state index in [0.29, 0.717) is 6.54 Å². The number of nitrogens with one attached hydrogen (secondary N) is 1. The monoisotopic (exact) mass is 257 g/mol. The smallest absolute Gasteiger partial charge is 0.293 e. The van der Waals surface area contributed by atoms with Crippen LogP contribution in [0.4, 0.5) is 11.4 Å². The van der Waals surface area contributed by atoms with E-state index in [1.807, 2.05) is 0 Å². The molecule has 0 saturated carbocycles. The Hall–Kier alpha value is -1.93. The van der Waals surface area contributed by atoms with Crippen LogP contribution in [0.25, 0.3) is 0 Å². The van der Waals surface area contributed by atoms with Gasteiger partial charge in [0.2, 0.25) is 10.0 Å². The summed E-state index contributed by atoms with van der Waals surface area (Å²) in [7, 11) is -3.95. The first kappa shape index (κ1) is 13.1. The molecule has 1 aromatic carbocycles. The van der Waals surface area contributed by atoms with Crippen LogP contribution in [0, 0.1) is 10.1 Å². The third-order valence-corrected chi connectivity index (χ3v) is 2.84. The molecule has 0 saturated heterocycles. The molecule has 92 valence electrons. The summed E-state index contributed by atoms with van der Waals surface area (Å²) in [6.07, 6.45) is 1.53. The summed E-state index contributed by atoms with van der Waals surface area (Å²) in [5.74, 6) is 0. The highest BCUT2D eigenvalue weighted by atomic mass is 32.2. The van der Waals surface area contributed by atoms with Crippen LogP contribution in [-0.2, 0) is 10.0 Å². The van der Waals surface area contributed by atoms with Crippen molar-refractivity contribution in [2.45, 2.75) is 4.90 Å². The Morgan fingerprint density at radius 1 is 1.53 bits per heavy atom. The molecule has 0 fully saturated rings. The number of anilines is 1. The van der Waals surface area contributed by atoms with Crippen LogP contribution >= 0.6 is 0 Å². The van der Waals surface area contributed by atoms with Crippen molar-refractivity contribution in [3.8, 4) is 0 Å². The van der Waals surface area contributed by atoms with Gasteiger partial charge in [0.15, 0.2) is 0 Å². The minimum absolute atomic E-state index is 0.210. The third-order valence-electron chi connectivity index (χ3n) is 1.93. The van der Waals surface area contributed by atoms with E-state index in [-0.39, 0.29) is 16.3 Å². The molecule has 0 radical (unpaired) electrons. The van der Waals surface area contributed by atoms with E-state index in [2.05, 4.69) is 11.9 Å². The predicted molar refractivity (Wildman–Crippen MR) is 63.2 cm³/mol. The summed E-state index contributed by atoms with van der Waals surface area (Å²) in [6, 6.07) is 3.41. The highest BCUT2D eigenvalue weighted by Gasteiger charge is 2.18. The average molecular weight is 257 g/mol. The number of nitro groups is 1. The number of primary sulfonamides is 1.